The van der Waals surface area contributed by atoms with Gasteiger partial charge in [-0.2, -0.15) is 9.78 Å². The summed E-state index contributed by atoms with van der Waals surface area (Å²) in [5.74, 6) is -0.0307. The van der Waals surface area contributed by atoms with Gasteiger partial charge < -0.3 is 15.4 Å². The largest absolute Gasteiger partial charge is 0.442 e. The van der Waals surface area contributed by atoms with Crippen LogP contribution in [0.25, 0.3) is 11.0 Å². The Hall–Kier alpha value is -2.55. The molecule has 1 saturated heterocycles. The molecule has 8 nitrogen and oxygen atoms in total. The average molecular weight is 349 g/mol. The molecule has 134 valence electrons. The van der Waals surface area contributed by atoms with E-state index in [-0.39, 0.29) is 18.9 Å². The Bertz CT molecular complexity index is 814. The van der Waals surface area contributed by atoms with E-state index in [1.54, 1.807) is 32.9 Å². The predicted molar refractivity (Wildman–Crippen MR) is 89.1 cm³/mol. The normalized spacial score (nSPS) is 20.6. The van der Waals surface area contributed by atoms with Crippen molar-refractivity contribution in [2.75, 3.05) is 11.9 Å². The number of hydrogen-bond acceptors (Lipinski definition) is 6. The molecule has 0 aromatic carbocycles. The van der Waals surface area contributed by atoms with Crippen LogP contribution >= 0.6 is 0 Å². The first-order chi connectivity index (χ1) is 11.7. The van der Waals surface area contributed by atoms with Crippen LogP contribution in [-0.2, 0) is 9.53 Å². The van der Waals surface area contributed by atoms with E-state index >= 15 is 0 Å². The number of anilines is 1. The van der Waals surface area contributed by atoms with Crippen molar-refractivity contribution in [1.82, 2.24) is 20.1 Å². The fourth-order valence-electron chi connectivity index (χ4n) is 2.54. The smallest absolute Gasteiger partial charge is 0.435 e. The second-order valence-electron chi connectivity index (χ2n) is 6.92. The van der Waals surface area contributed by atoms with Crippen LogP contribution in [-0.4, -0.2) is 51.1 Å². The van der Waals surface area contributed by atoms with Crippen LogP contribution in [0.5, 0.6) is 0 Å². The number of nitrogens with zero attached hydrogens (tertiary/aromatic N) is 3. The van der Waals surface area contributed by atoms with Gasteiger partial charge in [-0.1, -0.05) is 0 Å². The number of alkyl halides is 1. The molecule has 9 heteroatoms. The van der Waals surface area contributed by atoms with Gasteiger partial charge in [0.15, 0.2) is 0 Å². The van der Waals surface area contributed by atoms with Crippen molar-refractivity contribution in [2.45, 2.75) is 45.0 Å². The van der Waals surface area contributed by atoms with E-state index in [2.05, 4.69) is 20.7 Å². The number of fused-ring (bicyclic) bond motifs is 1. The zero-order valence-corrected chi connectivity index (χ0v) is 14.2. The summed E-state index contributed by atoms with van der Waals surface area (Å²) in [6.07, 6.45) is -0.0613. The van der Waals surface area contributed by atoms with Crippen LogP contribution in [0.2, 0.25) is 0 Å². The van der Waals surface area contributed by atoms with Crippen LogP contribution in [0.1, 0.15) is 27.2 Å². The first kappa shape index (κ1) is 17.3. The lowest BCUT2D eigenvalue weighted by atomic mass is 10.2. The van der Waals surface area contributed by atoms with Crippen molar-refractivity contribution < 1.29 is 18.7 Å². The molecule has 2 aromatic rings. The van der Waals surface area contributed by atoms with Gasteiger partial charge in [-0.25, -0.2) is 14.2 Å². The maximum atomic E-state index is 13.2. The number of halogens is 1. The second-order valence-corrected chi connectivity index (χ2v) is 6.92. The van der Waals surface area contributed by atoms with Gasteiger partial charge in [0.1, 0.15) is 23.1 Å². The van der Waals surface area contributed by atoms with Crippen LogP contribution in [0.3, 0.4) is 0 Å². The second kappa shape index (κ2) is 6.40. The van der Waals surface area contributed by atoms with E-state index < -0.39 is 23.9 Å². The summed E-state index contributed by atoms with van der Waals surface area (Å²) < 4.78 is 19.6. The third-order valence-electron chi connectivity index (χ3n) is 3.64. The van der Waals surface area contributed by atoms with E-state index in [0.29, 0.717) is 16.9 Å². The van der Waals surface area contributed by atoms with Crippen molar-refractivity contribution in [3.8, 4) is 0 Å². The molecule has 3 heterocycles. The zero-order chi connectivity index (χ0) is 18.2. The molecule has 0 spiro atoms. The van der Waals surface area contributed by atoms with E-state index in [1.807, 2.05) is 0 Å². The third kappa shape index (κ3) is 3.93. The summed E-state index contributed by atoms with van der Waals surface area (Å²) in [5.41, 5.74) is 0.265. The molecule has 2 atom stereocenters. The summed E-state index contributed by atoms with van der Waals surface area (Å²) in [6, 6.07) is 2.61. The molecule has 2 aromatic heterocycles. The first-order valence-electron chi connectivity index (χ1n) is 7.99. The summed E-state index contributed by atoms with van der Waals surface area (Å²) in [5, 5.41) is 9.44. The number of amides is 1. The highest BCUT2D eigenvalue weighted by molar-refractivity contribution is 5.95. The van der Waals surface area contributed by atoms with E-state index in [1.165, 1.54) is 6.20 Å². The highest BCUT2D eigenvalue weighted by Crippen LogP contribution is 2.18. The fraction of sp³-hybridized carbons (Fsp3) is 0.500. The molecule has 3 rings (SSSR count). The van der Waals surface area contributed by atoms with Crippen LogP contribution < -0.4 is 10.6 Å². The lowest BCUT2D eigenvalue weighted by Crippen LogP contribution is -2.35. The number of ether oxygens (including phenoxy) is 1. The zero-order valence-electron chi connectivity index (χ0n) is 14.2. The van der Waals surface area contributed by atoms with Crippen LogP contribution in [0, 0.1) is 0 Å². The Labute approximate surface area is 143 Å². The predicted octanol–water partition coefficient (Wildman–Crippen LogP) is 1.85. The van der Waals surface area contributed by atoms with Gasteiger partial charge in [-0.15, -0.1) is 0 Å². The Morgan fingerprint density at radius 2 is 2.16 bits per heavy atom. The number of pyridine rings is 1. The Balaban J connectivity index is 1.75. The topological polar surface area (TPSA) is 98.1 Å². The Kier molecular flexibility index (Phi) is 4.42. The number of rotatable bonds is 2. The molecule has 0 saturated carbocycles. The average Bonchev–Trinajstić information content (AvgIpc) is 3.11. The monoisotopic (exact) mass is 349 g/mol. The molecule has 1 fully saturated rings. The molecule has 0 aliphatic carbocycles. The lowest BCUT2D eigenvalue weighted by Gasteiger charge is -2.19. The van der Waals surface area contributed by atoms with Gasteiger partial charge >= 0.3 is 6.09 Å². The minimum atomic E-state index is -1.02. The maximum Gasteiger partial charge on any atom is 0.435 e. The van der Waals surface area contributed by atoms with Crippen molar-refractivity contribution in [1.29, 1.82) is 0 Å². The molecule has 1 amide bonds. The SMILES string of the molecule is CC(C)(C)OC(=O)n1ncc2nc(NC(=O)[C@H]3C[C@@H](F)CN3)ccc21. The molecular weight excluding hydrogens is 329 g/mol. The summed E-state index contributed by atoms with van der Waals surface area (Å²) >= 11 is 0. The van der Waals surface area contributed by atoms with E-state index in [4.69, 9.17) is 4.74 Å². The molecule has 2 N–H and O–H groups in total. The Morgan fingerprint density at radius 3 is 2.80 bits per heavy atom. The third-order valence-corrected chi connectivity index (χ3v) is 3.64. The maximum absolute atomic E-state index is 13.2. The van der Waals surface area contributed by atoms with Crippen LogP contribution in [0.4, 0.5) is 15.0 Å². The van der Waals surface area contributed by atoms with Crippen molar-refractivity contribution >= 4 is 28.9 Å². The lowest BCUT2D eigenvalue weighted by molar-refractivity contribution is -0.117. The van der Waals surface area contributed by atoms with Gasteiger partial charge in [0.05, 0.1) is 17.8 Å². The number of carbonyl (C=O) groups is 2. The summed E-state index contributed by atoms with van der Waals surface area (Å²) in [6.45, 7) is 5.47. The van der Waals surface area contributed by atoms with Gasteiger partial charge in [-0.05, 0) is 32.9 Å². The van der Waals surface area contributed by atoms with Gasteiger partial charge in [0.2, 0.25) is 5.91 Å². The highest BCUT2D eigenvalue weighted by atomic mass is 19.1. The van der Waals surface area contributed by atoms with Gasteiger partial charge in [0, 0.05) is 13.0 Å². The highest BCUT2D eigenvalue weighted by Gasteiger charge is 2.29. The number of carbonyl (C=O) groups excluding carboxylic acids is 2. The first-order valence-corrected chi connectivity index (χ1v) is 7.99. The number of nitrogens with one attached hydrogen (secondary N) is 2. The standard InChI is InChI=1S/C16H20FN5O3/c1-16(2,3)25-15(24)22-12-4-5-13(20-11(12)8-19-22)21-14(23)10-6-9(17)7-18-10/h4-5,8-10,18H,6-7H2,1-3H3,(H,20,21,23)/t9-,10-/m1/s1. The molecule has 0 unspecified atom stereocenters. The fourth-order valence-corrected chi connectivity index (χ4v) is 2.54. The van der Waals surface area contributed by atoms with E-state index in [9.17, 15) is 14.0 Å². The molecule has 0 radical (unpaired) electrons. The van der Waals surface area contributed by atoms with Gasteiger partial charge in [0.25, 0.3) is 0 Å². The van der Waals surface area contributed by atoms with Crippen molar-refractivity contribution in [3.63, 3.8) is 0 Å². The quantitative estimate of drug-likeness (QED) is 0.859. The van der Waals surface area contributed by atoms with Gasteiger partial charge in [-0.3, -0.25) is 4.79 Å². The number of aromatic nitrogens is 3. The van der Waals surface area contributed by atoms with Crippen molar-refractivity contribution in [2.24, 2.45) is 0 Å². The minimum absolute atomic E-state index is 0.144. The molecule has 0 bridgehead atoms. The molecular formula is C16H20FN5O3. The number of hydrogen-bond donors (Lipinski definition) is 2. The van der Waals surface area contributed by atoms with E-state index in [0.717, 1.165) is 4.68 Å². The summed E-state index contributed by atoms with van der Waals surface area (Å²) in [4.78, 5) is 28.5. The molecule has 25 heavy (non-hydrogen) atoms. The molecule has 1 aliphatic rings. The Morgan fingerprint density at radius 1 is 1.40 bits per heavy atom. The van der Waals surface area contributed by atoms with Crippen molar-refractivity contribution in [3.05, 3.63) is 18.3 Å². The van der Waals surface area contributed by atoms with Crippen LogP contribution in [0.15, 0.2) is 18.3 Å². The molecule has 1 aliphatic heterocycles. The minimum Gasteiger partial charge on any atom is -0.442 e. The summed E-state index contributed by atoms with van der Waals surface area (Å²) in [7, 11) is 0.